The lowest BCUT2D eigenvalue weighted by molar-refractivity contribution is 0.0983. The molecule has 0 aliphatic carbocycles. The topological polar surface area (TPSA) is 20.3 Å². The second-order valence-electron chi connectivity index (χ2n) is 4.42. The molecule has 0 bridgehead atoms. The second-order valence-corrected chi connectivity index (χ2v) is 4.42. The highest BCUT2D eigenvalue weighted by Crippen LogP contribution is 2.29. The Morgan fingerprint density at radius 1 is 1.27 bits per heavy atom. The van der Waals surface area contributed by atoms with Gasteiger partial charge in [0.25, 0.3) is 0 Å². The Morgan fingerprint density at radius 3 is 2.73 bits per heavy atom. The fourth-order valence-corrected chi connectivity index (χ4v) is 2.33. The molecule has 0 saturated heterocycles. The number of nitrogens with zero attached hydrogens (tertiary/aromatic N) is 1. The van der Waals surface area contributed by atoms with Crippen molar-refractivity contribution in [2.45, 2.75) is 26.7 Å². The average Bonchev–Trinajstić information content (AvgIpc) is 2.27. The minimum absolute atomic E-state index is 0.298. The molecule has 0 fully saturated rings. The molecule has 0 unspecified atom stereocenters. The molecular weight excluding hydrogens is 186 g/mol. The Kier molecular flexibility index (Phi) is 2.51. The maximum absolute atomic E-state index is 12.0. The predicted octanol–water partition coefficient (Wildman–Crippen LogP) is 2.72. The molecule has 15 heavy (non-hydrogen) atoms. The van der Waals surface area contributed by atoms with Gasteiger partial charge in [-0.1, -0.05) is 6.07 Å². The first-order valence-corrected chi connectivity index (χ1v) is 5.45. The van der Waals surface area contributed by atoms with E-state index in [1.165, 1.54) is 5.56 Å². The number of ketones is 1. The summed E-state index contributed by atoms with van der Waals surface area (Å²) in [5.41, 5.74) is 4.38. The second kappa shape index (κ2) is 3.69. The van der Waals surface area contributed by atoms with E-state index in [4.69, 9.17) is 0 Å². The van der Waals surface area contributed by atoms with Crippen molar-refractivity contribution in [3.05, 3.63) is 28.8 Å². The van der Waals surface area contributed by atoms with Gasteiger partial charge >= 0.3 is 0 Å². The minimum Gasteiger partial charge on any atom is -0.374 e. The van der Waals surface area contributed by atoms with E-state index in [-0.39, 0.29) is 0 Å². The Bertz CT molecular complexity index is 409. The van der Waals surface area contributed by atoms with Crippen LogP contribution in [-0.2, 0) is 0 Å². The molecule has 0 amide bonds. The molecule has 1 heterocycles. The fraction of sp³-hybridized carbons (Fsp3) is 0.462. The molecule has 80 valence electrons. The van der Waals surface area contributed by atoms with Crippen LogP contribution < -0.4 is 4.90 Å². The van der Waals surface area contributed by atoms with Gasteiger partial charge in [0.1, 0.15) is 0 Å². The molecule has 1 aromatic carbocycles. The largest absolute Gasteiger partial charge is 0.374 e. The molecule has 2 heteroatoms. The molecule has 0 N–H and O–H groups in total. The fourth-order valence-electron chi connectivity index (χ4n) is 2.33. The van der Waals surface area contributed by atoms with E-state index in [1.54, 1.807) is 0 Å². The van der Waals surface area contributed by atoms with Gasteiger partial charge in [0, 0.05) is 31.3 Å². The van der Waals surface area contributed by atoms with Crippen LogP contribution >= 0.6 is 0 Å². The molecule has 2 nitrogen and oxygen atoms in total. The van der Waals surface area contributed by atoms with Crippen LogP contribution in [0.25, 0.3) is 0 Å². The summed E-state index contributed by atoms with van der Waals surface area (Å²) >= 11 is 0. The van der Waals surface area contributed by atoms with E-state index in [1.807, 2.05) is 6.92 Å². The molecule has 0 radical (unpaired) electrons. The molecule has 2 rings (SSSR count). The molecule has 0 saturated carbocycles. The zero-order valence-corrected chi connectivity index (χ0v) is 9.63. The number of hydrogen-bond acceptors (Lipinski definition) is 2. The van der Waals surface area contributed by atoms with Gasteiger partial charge in [-0.25, -0.2) is 0 Å². The SMILES string of the molecule is Cc1cc(C)c2c(c1)N(C)CCCC2=O. The number of aryl methyl sites for hydroxylation is 2. The Balaban J connectivity index is 2.64. The summed E-state index contributed by atoms with van der Waals surface area (Å²) in [7, 11) is 2.07. The van der Waals surface area contributed by atoms with Crippen molar-refractivity contribution in [3.63, 3.8) is 0 Å². The molecule has 1 aliphatic rings. The third-order valence-electron chi connectivity index (χ3n) is 3.05. The van der Waals surface area contributed by atoms with E-state index in [2.05, 4.69) is 31.0 Å². The number of rotatable bonds is 0. The van der Waals surface area contributed by atoms with Crippen LogP contribution in [0.5, 0.6) is 0 Å². The van der Waals surface area contributed by atoms with E-state index in [0.717, 1.165) is 29.8 Å². The van der Waals surface area contributed by atoms with Gasteiger partial charge in [-0.2, -0.15) is 0 Å². The van der Waals surface area contributed by atoms with Crippen molar-refractivity contribution in [1.82, 2.24) is 0 Å². The zero-order chi connectivity index (χ0) is 11.0. The first-order valence-electron chi connectivity index (χ1n) is 5.45. The summed E-state index contributed by atoms with van der Waals surface area (Å²) in [5.74, 6) is 0.298. The third-order valence-corrected chi connectivity index (χ3v) is 3.05. The standard InChI is InChI=1S/C13H17NO/c1-9-7-10(2)13-11(8-9)14(3)6-4-5-12(13)15/h7-8H,4-6H2,1-3H3. The average molecular weight is 203 g/mol. The number of benzene rings is 1. The van der Waals surface area contributed by atoms with Crippen molar-refractivity contribution >= 4 is 11.5 Å². The number of carbonyl (C=O) groups is 1. The van der Waals surface area contributed by atoms with Gasteiger partial charge in [-0.05, 0) is 37.5 Å². The first-order chi connectivity index (χ1) is 7.09. The maximum Gasteiger partial charge on any atom is 0.165 e. The lowest BCUT2D eigenvalue weighted by Gasteiger charge is -2.20. The monoisotopic (exact) mass is 203 g/mol. The highest BCUT2D eigenvalue weighted by atomic mass is 16.1. The van der Waals surface area contributed by atoms with Gasteiger partial charge in [-0.15, -0.1) is 0 Å². The predicted molar refractivity (Wildman–Crippen MR) is 62.8 cm³/mol. The van der Waals surface area contributed by atoms with Crippen LogP contribution in [0.15, 0.2) is 12.1 Å². The smallest absolute Gasteiger partial charge is 0.165 e. The molecule has 0 spiro atoms. The van der Waals surface area contributed by atoms with Crippen LogP contribution in [0.2, 0.25) is 0 Å². The summed E-state index contributed by atoms with van der Waals surface area (Å²) in [5, 5.41) is 0. The number of fused-ring (bicyclic) bond motifs is 1. The van der Waals surface area contributed by atoms with Gasteiger partial charge in [0.2, 0.25) is 0 Å². The van der Waals surface area contributed by atoms with Crippen LogP contribution in [0.4, 0.5) is 5.69 Å². The summed E-state index contributed by atoms with van der Waals surface area (Å²) in [6.07, 6.45) is 1.64. The molecule has 1 aromatic rings. The Labute approximate surface area is 90.9 Å². The van der Waals surface area contributed by atoms with Crippen molar-refractivity contribution < 1.29 is 4.79 Å². The van der Waals surface area contributed by atoms with Crippen molar-refractivity contribution in [2.75, 3.05) is 18.5 Å². The Hall–Kier alpha value is -1.31. The highest BCUT2D eigenvalue weighted by molar-refractivity contribution is 6.03. The molecule has 0 atom stereocenters. The first kappa shape index (κ1) is 10.2. The van der Waals surface area contributed by atoms with Crippen LogP contribution in [0, 0.1) is 13.8 Å². The number of hydrogen-bond donors (Lipinski definition) is 0. The molecule has 1 aliphatic heterocycles. The number of carbonyl (C=O) groups excluding carboxylic acids is 1. The summed E-state index contributed by atoms with van der Waals surface area (Å²) in [6.45, 7) is 5.08. The van der Waals surface area contributed by atoms with Crippen molar-refractivity contribution in [1.29, 1.82) is 0 Å². The van der Waals surface area contributed by atoms with Crippen LogP contribution in [-0.4, -0.2) is 19.4 Å². The molecular formula is C13H17NO. The molecule has 0 aromatic heterocycles. The Morgan fingerprint density at radius 2 is 2.00 bits per heavy atom. The van der Waals surface area contributed by atoms with Crippen molar-refractivity contribution in [2.24, 2.45) is 0 Å². The zero-order valence-electron chi connectivity index (χ0n) is 9.63. The number of anilines is 1. The minimum atomic E-state index is 0.298. The normalized spacial score (nSPS) is 16.2. The third kappa shape index (κ3) is 1.76. The summed E-state index contributed by atoms with van der Waals surface area (Å²) < 4.78 is 0. The maximum atomic E-state index is 12.0. The summed E-state index contributed by atoms with van der Waals surface area (Å²) in [6, 6.07) is 4.21. The lowest BCUT2D eigenvalue weighted by Crippen LogP contribution is -2.18. The van der Waals surface area contributed by atoms with Crippen molar-refractivity contribution in [3.8, 4) is 0 Å². The van der Waals surface area contributed by atoms with Gasteiger partial charge in [0.15, 0.2) is 5.78 Å². The van der Waals surface area contributed by atoms with Gasteiger partial charge in [-0.3, -0.25) is 4.79 Å². The van der Waals surface area contributed by atoms with Gasteiger partial charge < -0.3 is 4.90 Å². The van der Waals surface area contributed by atoms with E-state index >= 15 is 0 Å². The quantitative estimate of drug-likeness (QED) is 0.646. The van der Waals surface area contributed by atoms with Gasteiger partial charge in [0.05, 0.1) is 0 Å². The lowest BCUT2D eigenvalue weighted by atomic mass is 9.98. The van der Waals surface area contributed by atoms with E-state index < -0.39 is 0 Å². The van der Waals surface area contributed by atoms with E-state index in [0.29, 0.717) is 12.2 Å². The summed E-state index contributed by atoms with van der Waals surface area (Å²) in [4.78, 5) is 14.2. The van der Waals surface area contributed by atoms with Crippen LogP contribution in [0.1, 0.15) is 34.3 Å². The van der Waals surface area contributed by atoms with E-state index in [9.17, 15) is 4.79 Å². The van der Waals surface area contributed by atoms with Crippen LogP contribution in [0.3, 0.4) is 0 Å². The highest BCUT2D eigenvalue weighted by Gasteiger charge is 2.20. The number of Topliss-reactive ketones (excluding diaryl/α,β-unsaturated/α-hetero) is 1.